The average molecular weight is 228 g/mol. The Morgan fingerprint density at radius 3 is 2.53 bits per heavy atom. The molecule has 5 nitrogen and oxygen atoms in total. The second-order valence-corrected chi connectivity index (χ2v) is 4.80. The van der Waals surface area contributed by atoms with Crippen molar-refractivity contribution in [3.05, 3.63) is 24.3 Å². The van der Waals surface area contributed by atoms with Gasteiger partial charge in [-0.05, 0) is 25.2 Å². The van der Waals surface area contributed by atoms with Crippen LogP contribution in [-0.2, 0) is 14.8 Å². The molecule has 6 heteroatoms. The molecule has 0 aliphatic rings. The summed E-state index contributed by atoms with van der Waals surface area (Å²) in [5, 5.41) is 2.51. The van der Waals surface area contributed by atoms with Crippen LogP contribution in [0.15, 0.2) is 29.2 Å². The minimum atomic E-state index is -3.46. The summed E-state index contributed by atoms with van der Waals surface area (Å²) in [5.74, 6) is -0.242. The van der Waals surface area contributed by atoms with E-state index < -0.39 is 10.0 Å². The predicted octanol–water partition coefficient (Wildman–Crippen LogP) is 0.553. The lowest BCUT2D eigenvalue weighted by molar-refractivity contribution is -0.114. The van der Waals surface area contributed by atoms with Crippen LogP contribution in [0.4, 0.5) is 5.69 Å². The quantitative estimate of drug-likeness (QED) is 0.793. The maximum atomic E-state index is 11.4. The van der Waals surface area contributed by atoms with E-state index in [1.807, 2.05) is 0 Å². The minimum Gasteiger partial charge on any atom is -0.326 e. The number of rotatable bonds is 3. The van der Waals surface area contributed by atoms with Gasteiger partial charge in [0.1, 0.15) is 0 Å². The third-order valence-corrected chi connectivity index (χ3v) is 3.15. The number of carbonyl (C=O) groups is 1. The second kappa shape index (κ2) is 4.41. The van der Waals surface area contributed by atoms with Crippen LogP contribution in [0.5, 0.6) is 0 Å². The van der Waals surface area contributed by atoms with Crippen LogP contribution in [0.3, 0.4) is 0 Å². The van der Waals surface area contributed by atoms with Crippen LogP contribution in [-0.4, -0.2) is 21.4 Å². The SMILES string of the molecule is CNS(=O)(=O)c1cccc(NC(C)=O)c1. The van der Waals surface area contributed by atoms with Gasteiger partial charge in [0.2, 0.25) is 15.9 Å². The molecule has 1 aromatic carbocycles. The summed E-state index contributed by atoms with van der Waals surface area (Å²) >= 11 is 0. The lowest BCUT2D eigenvalue weighted by Crippen LogP contribution is -2.18. The molecule has 0 saturated heterocycles. The second-order valence-electron chi connectivity index (χ2n) is 2.92. The van der Waals surface area contributed by atoms with Crippen LogP contribution in [0.2, 0.25) is 0 Å². The zero-order chi connectivity index (χ0) is 11.5. The Kier molecular flexibility index (Phi) is 3.43. The monoisotopic (exact) mass is 228 g/mol. The van der Waals surface area contributed by atoms with E-state index in [0.29, 0.717) is 5.69 Å². The summed E-state index contributed by atoms with van der Waals surface area (Å²) in [7, 11) is -2.12. The topological polar surface area (TPSA) is 75.3 Å². The summed E-state index contributed by atoms with van der Waals surface area (Å²) in [4.78, 5) is 10.9. The highest BCUT2D eigenvalue weighted by Gasteiger charge is 2.11. The van der Waals surface area contributed by atoms with Gasteiger partial charge in [0.05, 0.1) is 4.90 Å². The van der Waals surface area contributed by atoms with E-state index in [1.54, 1.807) is 12.1 Å². The first-order chi connectivity index (χ1) is 6.95. The Labute approximate surface area is 88.5 Å². The van der Waals surface area contributed by atoms with Crippen LogP contribution in [0.25, 0.3) is 0 Å². The van der Waals surface area contributed by atoms with E-state index in [0.717, 1.165) is 0 Å². The Balaban J connectivity index is 3.08. The van der Waals surface area contributed by atoms with Crippen LogP contribution >= 0.6 is 0 Å². The molecular formula is C9H12N2O3S. The Hall–Kier alpha value is -1.40. The zero-order valence-corrected chi connectivity index (χ0v) is 9.26. The van der Waals surface area contributed by atoms with Crippen molar-refractivity contribution in [2.24, 2.45) is 0 Å². The van der Waals surface area contributed by atoms with E-state index >= 15 is 0 Å². The summed E-state index contributed by atoms with van der Waals surface area (Å²) in [6.45, 7) is 1.36. The van der Waals surface area contributed by atoms with Crippen LogP contribution in [0.1, 0.15) is 6.92 Å². The van der Waals surface area contributed by atoms with Gasteiger partial charge in [0, 0.05) is 12.6 Å². The summed E-state index contributed by atoms with van der Waals surface area (Å²) < 4.78 is 25.0. The number of carbonyl (C=O) groups excluding carboxylic acids is 1. The lowest BCUT2D eigenvalue weighted by Gasteiger charge is -2.05. The molecule has 0 bridgehead atoms. The first kappa shape index (κ1) is 11.7. The lowest BCUT2D eigenvalue weighted by atomic mass is 10.3. The molecule has 0 radical (unpaired) electrons. The van der Waals surface area contributed by atoms with Gasteiger partial charge in [0.25, 0.3) is 0 Å². The van der Waals surface area contributed by atoms with Gasteiger partial charge in [0.15, 0.2) is 0 Å². The molecule has 1 amide bonds. The van der Waals surface area contributed by atoms with Crippen LogP contribution < -0.4 is 10.0 Å². The normalized spacial score (nSPS) is 11.1. The summed E-state index contributed by atoms with van der Waals surface area (Å²) in [6.07, 6.45) is 0. The smallest absolute Gasteiger partial charge is 0.240 e. The van der Waals surface area contributed by atoms with Crippen molar-refractivity contribution in [3.8, 4) is 0 Å². The van der Waals surface area contributed by atoms with Crippen molar-refractivity contribution in [2.75, 3.05) is 12.4 Å². The van der Waals surface area contributed by atoms with E-state index in [1.165, 1.54) is 26.1 Å². The van der Waals surface area contributed by atoms with Gasteiger partial charge in [-0.3, -0.25) is 4.79 Å². The van der Waals surface area contributed by atoms with Crippen molar-refractivity contribution in [1.82, 2.24) is 4.72 Å². The molecule has 0 aliphatic heterocycles. The fourth-order valence-electron chi connectivity index (χ4n) is 1.06. The van der Waals surface area contributed by atoms with E-state index in [-0.39, 0.29) is 10.8 Å². The number of hydrogen-bond acceptors (Lipinski definition) is 3. The number of hydrogen-bond donors (Lipinski definition) is 2. The van der Waals surface area contributed by atoms with Crippen LogP contribution in [0, 0.1) is 0 Å². The highest BCUT2D eigenvalue weighted by atomic mass is 32.2. The standard InChI is InChI=1S/C9H12N2O3S/c1-7(12)11-8-4-3-5-9(6-8)15(13,14)10-2/h3-6,10H,1-2H3,(H,11,12). The molecule has 2 N–H and O–H groups in total. The first-order valence-corrected chi connectivity index (χ1v) is 5.75. The number of nitrogens with one attached hydrogen (secondary N) is 2. The molecule has 1 aromatic rings. The molecule has 0 unspecified atom stereocenters. The van der Waals surface area contributed by atoms with Gasteiger partial charge in [-0.1, -0.05) is 6.07 Å². The molecule has 82 valence electrons. The Morgan fingerprint density at radius 1 is 1.33 bits per heavy atom. The molecule has 0 aromatic heterocycles. The number of benzene rings is 1. The van der Waals surface area contributed by atoms with Gasteiger partial charge in [-0.2, -0.15) is 0 Å². The van der Waals surface area contributed by atoms with Crippen molar-refractivity contribution >= 4 is 21.6 Å². The molecule has 0 spiro atoms. The van der Waals surface area contributed by atoms with Crippen molar-refractivity contribution < 1.29 is 13.2 Å². The first-order valence-electron chi connectivity index (χ1n) is 4.27. The number of amides is 1. The largest absolute Gasteiger partial charge is 0.326 e. The zero-order valence-electron chi connectivity index (χ0n) is 8.44. The highest BCUT2D eigenvalue weighted by molar-refractivity contribution is 7.89. The third kappa shape index (κ3) is 3.03. The molecular weight excluding hydrogens is 216 g/mol. The van der Waals surface area contributed by atoms with Crippen molar-refractivity contribution in [2.45, 2.75) is 11.8 Å². The minimum absolute atomic E-state index is 0.122. The maximum absolute atomic E-state index is 11.4. The predicted molar refractivity (Wildman–Crippen MR) is 57.0 cm³/mol. The molecule has 0 heterocycles. The van der Waals surface area contributed by atoms with Gasteiger partial charge < -0.3 is 5.32 Å². The fraction of sp³-hybridized carbons (Fsp3) is 0.222. The third-order valence-electron chi connectivity index (χ3n) is 1.73. The van der Waals surface area contributed by atoms with Gasteiger partial charge >= 0.3 is 0 Å². The molecule has 0 atom stereocenters. The molecule has 0 fully saturated rings. The van der Waals surface area contributed by atoms with E-state index in [2.05, 4.69) is 10.0 Å². The van der Waals surface area contributed by atoms with Crippen molar-refractivity contribution in [3.63, 3.8) is 0 Å². The summed E-state index contributed by atoms with van der Waals surface area (Å²) in [6, 6.07) is 6.04. The maximum Gasteiger partial charge on any atom is 0.240 e. The molecule has 1 rings (SSSR count). The molecule has 15 heavy (non-hydrogen) atoms. The van der Waals surface area contributed by atoms with Crippen molar-refractivity contribution in [1.29, 1.82) is 0 Å². The summed E-state index contributed by atoms with van der Waals surface area (Å²) in [5.41, 5.74) is 0.457. The van der Waals surface area contributed by atoms with Gasteiger partial charge in [-0.25, -0.2) is 13.1 Å². The molecule has 0 aliphatic carbocycles. The Bertz CT molecular complexity index is 468. The molecule has 0 saturated carbocycles. The Morgan fingerprint density at radius 2 is 2.00 bits per heavy atom. The number of sulfonamides is 1. The van der Waals surface area contributed by atoms with E-state index in [4.69, 9.17) is 0 Å². The fourth-order valence-corrected chi connectivity index (χ4v) is 1.84. The number of anilines is 1. The van der Waals surface area contributed by atoms with Gasteiger partial charge in [-0.15, -0.1) is 0 Å². The highest BCUT2D eigenvalue weighted by Crippen LogP contribution is 2.14. The van der Waals surface area contributed by atoms with E-state index in [9.17, 15) is 13.2 Å². The average Bonchev–Trinajstić information content (AvgIpc) is 2.17.